The van der Waals surface area contributed by atoms with Gasteiger partial charge in [-0.25, -0.2) is 0 Å². The molecule has 1 aliphatic rings. The summed E-state index contributed by atoms with van der Waals surface area (Å²) in [4.78, 5) is 0.882. The molecule has 1 N–H and O–H groups in total. The lowest BCUT2D eigenvalue weighted by atomic mass is 10.0. The Kier molecular flexibility index (Phi) is 3.84. The summed E-state index contributed by atoms with van der Waals surface area (Å²) < 4.78 is 17.9. The zero-order valence-corrected chi connectivity index (χ0v) is 11.3. The van der Waals surface area contributed by atoms with Crippen LogP contribution in [0.15, 0.2) is 23.1 Å². The highest BCUT2D eigenvalue weighted by Crippen LogP contribution is 2.42. The van der Waals surface area contributed by atoms with Gasteiger partial charge in [0.25, 0.3) is 0 Å². The highest BCUT2D eigenvalue weighted by Gasteiger charge is 2.39. The quantitative estimate of drug-likeness (QED) is 0.894. The van der Waals surface area contributed by atoms with Crippen molar-refractivity contribution in [3.8, 4) is 5.75 Å². The lowest BCUT2D eigenvalue weighted by molar-refractivity contribution is 0.403. The van der Waals surface area contributed by atoms with Crippen molar-refractivity contribution in [3.05, 3.63) is 23.8 Å². The summed E-state index contributed by atoms with van der Waals surface area (Å²) in [6, 6.07) is 6.08. The molecule has 0 fully saturated rings. The molecule has 3 nitrogen and oxygen atoms in total. The van der Waals surface area contributed by atoms with E-state index in [0.29, 0.717) is 0 Å². The molecule has 1 heterocycles. The monoisotopic (exact) mass is 253 g/mol. The first-order valence-corrected chi connectivity index (χ1v) is 7.20. The van der Waals surface area contributed by atoms with E-state index < -0.39 is 10.8 Å². The van der Waals surface area contributed by atoms with Crippen LogP contribution >= 0.6 is 0 Å². The summed E-state index contributed by atoms with van der Waals surface area (Å²) in [5.74, 6) is 0.750. The van der Waals surface area contributed by atoms with E-state index in [1.54, 1.807) is 7.11 Å². The van der Waals surface area contributed by atoms with Gasteiger partial charge in [-0.3, -0.25) is 4.21 Å². The standard InChI is InChI=1S/C13H19NO2S/c1-4-6-11-12(14-2)9-7-5-8-10(16-3)13(9)17(11)15/h5,7-8,11-12,14H,4,6H2,1-3H3. The first-order valence-electron chi connectivity index (χ1n) is 5.99. The predicted molar refractivity (Wildman–Crippen MR) is 69.9 cm³/mol. The molecule has 0 aliphatic carbocycles. The van der Waals surface area contributed by atoms with Gasteiger partial charge in [-0.1, -0.05) is 25.5 Å². The largest absolute Gasteiger partial charge is 0.495 e. The van der Waals surface area contributed by atoms with Crippen molar-refractivity contribution >= 4 is 10.8 Å². The summed E-state index contributed by atoms with van der Waals surface area (Å²) >= 11 is 0. The topological polar surface area (TPSA) is 38.3 Å². The number of nitrogens with one attached hydrogen (secondary N) is 1. The van der Waals surface area contributed by atoms with Crippen LogP contribution in [0.5, 0.6) is 5.75 Å². The fraction of sp³-hybridized carbons (Fsp3) is 0.538. The third kappa shape index (κ3) is 2.00. The Morgan fingerprint density at radius 1 is 1.47 bits per heavy atom. The summed E-state index contributed by atoms with van der Waals surface area (Å²) in [7, 11) is 2.60. The summed E-state index contributed by atoms with van der Waals surface area (Å²) in [5, 5.41) is 3.45. The highest BCUT2D eigenvalue weighted by atomic mass is 32.2. The second kappa shape index (κ2) is 5.19. The van der Waals surface area contributed by atoms with Crippen LogP contribution in [-0.2, 0) is 10.8 Å². The number of hydrogen-bond acceptors (Lipinski definition) is 3. The maximum absolute atomic E-state index is 12.5. The molecule has 0 bridgehead atoms. The van der Waals surface area contributed by atoms with Crippen LogP contribution in [0.3, 0.4) is 0 Å². The summed E-state index contributed by atoms with van der Waals surface area (Å²) in [6.45, 7) is 2.13. The lowest BCUT2D eigenvalue weighted by Crippen LogP contribution is -2.26. The molecule has 94 valence electrons. The molecule has 0 aromatic heterocycles. The predicted octanol–water partition coefficient (Wildman–Crippen LogP) is 2.25. The molecule has 3 unspecified atom stereocenters. The number of hydrogen-bond donors (Lipinski definition) is 1. The van der Waals surface area contributed by atoms with E-state index in [4.69, 9.17) is 4.74 Å². The fourth-order valence-corrected chi connectivity index (χ4v) is 4.59. The first kappa shape index (κ1) is 12.6. The number of rotatable bonds is 4. The van der Waals surface area contributed by atoms with Gasteiger partial charge in [-0.05, 0) is 25.1 Å². The van der Waals surface area contributed by atoms with Crippen molar-refractivity contribution in [1.82, 2.24) is 5.32 Å². The van der Waals surface area contributed by atoms with Crippen LogP contribution in [0.4, 0.5) is 0 Å². The minimum absolute atomic E-state index is 0.163. The molecule has 0 amide bonds. The van der Waals surface area contributed by atoms with Gasteiger partial charge >= 0.3 is 0 Å². The number of ether oxygens (including phenoxy) is 1. The molecule has 0 saturated heterocycles. The summed E-state index contributed by atoms with van der Waals surface area (Å²) in [5.41, 5.74) is 1.13. The Balaban J connectivity index is 2.48. The Morgan fingerprint density at radius 3 is 2.82 bits per heavy atom. The minimum atomic E-state index is -0.964. The molecule has 1 aliphatic heterocycles. The van der Waals surface area contributed by atoms with E-state index in [1.165, 1.54) is 0 Å². The van der Waals surface area contributed by atoms with Crippen LogP contribution in [-0.4, -0.2) is 23.6 Å². The van der Waals surface area contributed by atoms with Crippen LogP contribution in [0.2, 0.25) is 0 Å². The van der Waals surface area contributed by atoms with E-state index in [2.05, 4.69) is 12.2 Å². The molecule has 2 rings (SSSR count). The van der Waals surface area contributed by atoms with Gasteiger partial charge in [0.2, 0.25) is 0 Å². The highest BCUT2D eigenvalue weighted by molar-refractivity contribution is 7.86. The van der Waals surface area contributed by atoms with Crippen LogP contribution in [0, 0.1) is 0 Å². The molecule has 4 heteroatoms. The molecule has 1 aromatic rings. The second-order valence-corrected chi connectivity index (χ2v) is 5.88. The first-order chi connectivity index (χ1) is 8.24. The van der Waals surface area contributed by atoms with Crippen molar-refractivity contribution in [2.24, 2.45) is 0 Å². The van der Waals surface area contributed by atoms with Gasteiger partial charge < -0.3 is 10.1 Å². The molecular weight excluding hydrogens is 234 g/mol. The van der Waals surface area contributed by atoms with Gasteiger partial charge in [0.15, 0.2) is 0 Å². The van der Waals surface area contributed by atoms with Crippen molar-refractivity contribution in [3.63, 3.8) is 0 Å². The average molecular weight is 253 g/mol. The lowest BCUT2D eigenvalue weighted by Gasteiger charge is -2.17. The van der Waals surface area contributed by atoms with Crippen LogP contribution in [0.1, 0.15) is 31.4 Å². The SMILES string of the molecule is CCCC1C(NC)c2cccc(OC)c2S1=O. The fourth-order valence-electron chi connectivity index (χ4n) is 2.53. The maximum atomic E-state index is 12.5. The molecule has 1 aromatic carbocycles. The van der Waals surface area contributed by atoms with E-state index in [1.807, 2.05) is 25.2 Å². The Labute approximate surface area is 105 Å². The Morgan fingerprint density at radius 2 is 2.24 bits per heavy atom. The maximum Gasteiger partial charge on any atom is 0.135 e. The Bertz CT molecular complexity index is 433. The number of benzene rings is 1. The molecule has 3 atom stereocenters. The van der Waals surface area contributed by atoms with Crippen molar-refractivity contribution in [2.75, 3.05) is 14.2 Å². The molecular formula is C13H19NO2S. The smallest absolute Gasteiger partial charge is 0.135 e. The third-order valence-electron chi connectivity index (χ3n) is 3.30. The average Bonchev–Trinajstić information content (AvgIpc) is 2.63. The molecule has 17 heavy (non-hydrogen) atoms. The van der Waals surface area contributed by atoms with Gasteiger partial charge in [0.05, 0.1) is 28.1 Å². The van der Waals surface area contributed by atoms with Crippen molar-refractivity contribution < 1.29 is 8.95 Å². The van der Waals surface area contributed by atoms with Gasteiger partial charge in [0, 0.05) is 6.04 Å². The van der Waals surface area contributed by atoms with E-state index in [9.17, 15) is 4.21 Å². The second-order valence-electron chi connectivity index (χ2n) is 4.27. The van der Waals surface area contributed by atoms with E-state index in [-0.39, 0.29) is 11.3 Å². The minimum Gasteiger partial charge on any atom is -0.495 e. The van der Waals surface area contributed by atoms with Crippen molar-refractivity contribution in [1.29, 1.82) is 0 Å². The number of fused-ring (bicyclic) bond motifs is 1. The molecule has 0 saturated carbocycles. The number of methoxy groups -OCH3 is 1. The van der Waals surface area contributed by atoms with Gasteiger partial charge in [-0.15, -0.1) is 0 Å². The Hall–Kier alpha value is -0.870. The van der Waals surface area contributed by atoms with Gasteiger partial charge in [-0.2, -0.15) is 0 Å². The van der Waals surface area contributed by atoms with Gasteiger partial charge in [0.1, 0.15) is 5.75 Å². The third-order valence-corrected chi connectivity index (χ3v) is 5.19. The summed E-state index contributed by atoms with van der Waals surface area (Å²) in [6.07, 6.45) is 2.01. The zero-order valence-electron chi connectivity index (χ0n) is 10.5. The van der Waals surface area contributed by atoms with E-state index in [0.717, 1.165) is 29.1 Å². The van der Waals surface area contributed by atoms with Crippen LogP contribution < -0.4 is 10.1 Å². The van der Waals surface area contributed by atoms with Crippen LogP contribution in [0.25, 0.3) is 0 Å². The molecule has 0 spiro atoms. The van der Waals surface area contributed by atoms with Crippen molar-refractivity contribution in [2.45, 2.75) is 36.0 Å². The zero-order chi connectivity index (χ0) is 12.4. The van der Waals surface area contributed by atoms with E-state index >= 15 is 0 Å². The normalized spacial score (nSPS) is 26.9. The molecule has 0 radical (unpaired) electrons.